The van der Waals surface area contributed by atoms with E-state index in [2.05, 4.69) is 9.50 Å². The molecule has 27 heavy (non-hydrogen) atoms. The molecule has 0 radical (unpaired) electrons. The van der Waals surface area contributed by atoms with E-state index in [0.29, 0.717) is 5.56 Å². The van der Waals surface area contributed by atoms with Crippen LogP contribution in [0.25, 0.3) is 0 Å². The molecule has 0 aliphatic carbocycles. The Morgan fingerprint density at radius 1 is 1.07 bits per heavy atom. The fraction of sp³-hybridized carbons (Fsp3) is 0.176. The highest BCUT2D eigenvalue weighted by molar-refractivity contribution is 7.81. The number of ether oxygens (including phenoxy) is 1. The number of rotatable bonds is 8. The van der Waals surface area contributed by atoms with Crippen molar-refractivity contribution in [3.05, 3.63) is 65.7 Å². The minimum atomic E-state index is -5.20. The number of hydrogen-bond donors (Lipinski definition) is 2. The largest absolute Gasteiger partial charge is 0.488 e. The standard InChI is InChI=1S/C17H16FNO7S/c18-27(23,24)26-14-8-4-7-13(9-14)10-15(16(20)21)19-17(22)25-11-12-5-2-1-3-6-12/h1-9,15H,10-11H2,(H,19,22)(H,20,21)/t15-/m0/s1. The fourth-order valence-electron chi connectivity index (χ4n) is 2.18. The maximum absolute atomic E-state index is 12.6. The maximum atomic E-state index is 12.6. The normalized spacial score (nSPS) is 12.0. The molecule has 1 atom stereocenters. The number of carboxylic acids is 1. The second-order valence-corrected chi connectivity index (χ2v) is 6.38. The SMILES string of the molecule is O=C(N[C@@H](Cc1cccc(OS(=O)(=O)F)c1)C(=O)O)OCc1ccccc1. The molecule has 0 fully saturated rings. The van der Waals surface area contributed by atoms with Crippen LogP contribution in [0.2, 0.25) is 0 Å². The van der Waals surface area contributed by atoms with Gasteiger partial charge in [0.05, 0.1) is 0 Å². The monoisotopic (exact) mass is 397 g/mol. The summed E-state index contributed by atoms with van der Waals surface area (Å²) in [5.41, 5.74) is 1.05. The number of nitrogens with one attached hydrogen (secondary N) is 1. The number of alkyl carbamates (subject to hydrolysis) is 1. The van der Waals surface area contributed by atoms with E-state index in [-0.39, 0.29) is 18.8 Å². The van der Waals surface area contributed by atoms with Crippen molar-refractivity contribution in [3.8, 4) is 5.75 Å². The highest BCUT2D eigenvalue weighted by Crippen LogP contribution is 2.17. The van der Waals surface area contributed by atoms with Gasteiger partial charge in [0.2, 0.25) is 0 Å². The average Bonchev–Trinajstić information content (AvgIpc) is 2.59. The lowest BCUT2D eigenvalue weighted by atomic mass is 10.1. The summed E-state index contributed by atoms with van der Waals surface area (Å²) in [6.07, 6.45) is -1.12. The van der Waals surface area contributed by atoms with Crippen LogP contribution in [0.1, 0.15) is 11.1 Å². The van der Waals surface area contributed by atoms with E-state index >= 15 is 0 Å². The summed E-state index contributed by atoms with van der Waals surface area (Å²) in [6.45, 7) is -0.0311. The van der Waals surface area contributed by atoms with Crippen LogP contribution in [0.3, 0.4) is 0 Å². The minimum absolute atomic E-state index is 0.0311. The highest BCUT2D eigenvalue weighted by atomic mass is 32.3. The molecule has 1 amide bonds. The smallest absolute Gasteiger partial charge is 0.480 e. The van der Waals surface area contributed by atoms with E-state index < -0.39 is 28.6 Å². The summed E-state index contributed by atoms with van der Waals surface area (Å²) in [6, 6.07) is 12.7. The van der Waals surface area contributed by atoms with Crippen LogP contribution in [0.15, 0.2) is 54.6 Å². The molecule has 10 heteroatoms. The summed E-state index contributed by atoms with van der Waals surface area (Å²) in [7, 11) is -5.20. The third-order valence-electron chi connectivity index (χ3n) is 3.34. The van der Waals surface area contributed by atoms with Gasteiger partial charge in [0.25, 0.3) is 0 Å². The first-order valence-corrected chi connectivity index (χ1v) is 8.97. The minimum Gasteiger partial charge on any atom is -0.480 e. The molecule has 0 bridgehead atoms. The van der Waals surface area contributed by atoms with Crippen LogP contribution in [0.4, 0.5) is 8.68 Å². The molecular formula is C17H16FNO7S. The van der Waals surface area contributed by atoms with E-state index in [4.69, 9.17) is 4.74 Å². The van der Waals surface area contributed by atoms with Crippen molar-refractivity contribution in [2.24, 2.45) is 0 Å². The lowest BCUT2D eigenvalue weighted by molar-refractivity contribution is -0.139. The third kappa shape index (κ3) is 7.32. The van der Waals surface area contributed by atoms with Crippen molar-refractivity contribution in [1.82, 2.24) is 5.32 Å². The van der Waals surface area contributed by atoms with Gasteiger partial charge >= 0.3 is 22.6 Å². The first-order chi connectivity index (χ1) is 12.7. The van der Waals surface area contributed by atoms with Gasteiger partial charge < -0.3 is 19.3 Å². The zero-order chi connectivity index (χ0) is 19.9. The second-order valence-electron chi connectivity index (χ2n) is 5.42. The first-order valence-electron chi connectivity index (χ1n) is 7.66. The average molecular weight is 397 g/mol. The van der Waals surface area contributed by atoms with E-state index in [9.17, 15) is 27.0 Å². The molecule has 0 aliphatic heterocycles. The van der Waals surface area contributed by atoms with E-state index in [0.717, 1.165) is 11.6 Å². The van der Waals surface area contributed by atoms with E-state index in [1.165, 1.54) is 18.2 Å². The molecule has 2 aromatic rings. The van der Waals surface area contributed by atoms with Gasteiger partial charge in [-0.15, -0.1) is 0 Å². The van der Waals surface area contributed by atoms with Gasteiger partial charge in [-0.05, 0) is 23.3 Å². The number of benzene rings is 2. The van der Waals surface area contributed by atoms with Crippen LogP contribution in [0, 0.1) is 0 Å². The quantitative estimate of drug-likeness (QED) is 0.656. The molecule has 0 aromatic heterocycles. The Balaban J connectivity index is 1.98. The van der Waals surface area contributed by atoms with Crippen LogP contribution >= 0.6 is 0 Å². The molecule has 0 saturated heterocycles. The maximum Gasteiger partial charge on any atom is 0.488 e. The fourth-order valence-corrected chi connectivity index (χ4v) is 2.52. The van der Waals surface area contributed by atoms with Crippen molar-refractivity contribution in [1.29, 1.82) is 0 Å². The summed E-state index contributed by atoms with van der Waals surface area (Å²) in [5.74, 6) is -1.64. The Hall–Kier alpha value is -3.14. The van der Waals surface area contributed by atoms with Gasteiger partial charge in [0.1, 0.15) is 18.4 Å². The van der Waals surface area contributed by atoms with Crippen molar-refractivity contribution in [2.75, 3.05) is 0 Å². The molecule has 2 rings (SSSR count). The van der Waals surface area contributed by atoms with Crippen molar-refractivity contribution < 1.29 is 35.9 Å². The second kappa shape index (κ2) is 8.99. The number of carbonyl (C=O) groups is 2. The lowest BCUT2D eigenvalue weighted by Gasteiger charge is -2.15. The zero-order valence-electron chi connectivity index (χ0n) is 13.9. The lowest BCUT2D eigenvalue weighted by Crippen LogP contribution is -2.42. The molecule has 0 spiro atoms. The number of carbonyl (C=O) groups excluding carboxylic acids is 1. The van der Waals surface area contributed by atoms with Gasteiger partial charge in [0, 0.05) is 6.42 Å². The summed E-state index contributed by atoms with van der Waals surface area (Å²) >= 11 is 0. The molecule has 0 unspecified atom stereocenters. The van der Waals surface area contributed by atoms with Gasteiger partial charge in [-0.2, -0.15) is 8.42 Å². The van der Waals surface area contributed by atoms with Crippen LogP contribution in [-0.4, -0.2) is 31.6 Å². The number of hydrogen-bond acceptors (Lipinski definition) is 6. The van der Waals surface area contributed by atoms with Crippen molar-refractivity contribution >= 4 is 22.6 Å². The van der Waals surface area contributed by atoms with Gasteiger partial charge in [-0.25, -0.2) is 9.59 Å². The Morgan fingerprint density at radius 3 is 2.37 bits per heavy atom. The topological polar surface area (TPSA) is 119 Å². The molecule has 144 valence electrons. The number of carboxylic acid groups (broad SMARTS) is 1. The Kier molecular flexibility index (Phi) is 6.72. The Labute approximate surface area is 155 Å². The molecule has 8 nitrogen and oxygen atoms in total. The Morgan fingerprint density at radius 2 is 1.74 bits per heavy atom. The third-order valence-corrected chi connectivity index (χ3v) is 3.73. The van der Waals surface area contributed by atoms with Gasteiger partial charge in [-0.1, -0.05) is 46.4 Å². The molecule has 0 heterocycles. The summed E-state index contributed by atoms with van der Waals surface area (Å²) < 4.78 is 42.7. The van der Waals surface area contributed by atoms with Crippen molar-refractivity contribution in [2.45, 2.75) is 19.1 Å². The van der Waals surface area contributed by atoms with Crippen molar-refractivity contribution in [3.63, 3.8) is 0 Å². The number of halogens is 1. The Bertz CT molecular complexity index is 903. The summed E-state index contributed by atoms with van der Waals surface area (Å²) in [4.78, 5) is 23.2. The predicted molar refractivity (Wildman–Crippen MR) is 92.0 cm³/mol. The molecule has 0 aliphatic rings. The molecule has 0 saturated carbocycles. The molecular weight excluding hydrogens is 381 g/mol. The highest BCUT2D eigenvalue weighted by Gasteiger charge is 2.22. The molecule has 2 N–H and O–H groups in total. The zero-order valence-corrected chi connectivity index (χ0v) is 14.7. The predicted octanol–water partition coefficient (Wildman–Crippen LogP) is 2.20. The first kappa shape index (κ1) is 20.2. The van der Waals surface area contributed by atoms with Crippen LogP contribution in [0.5, 0.6) is 5.75 Å². The molecule has 2 aromatic carbocycles. The van der Waals surface area contributed by atoms with Crippen LogP contribution < -0.4 is 9.50 Å². The van der Waals surface area contributed by atoms with E-state index in [1.54, 1.807) is 30.3 Å². The van der Waals surface area contributed by atoms with Gasteiger partial charge in [-0.3, -0.25) is 0 Å². The number of amides is 1. The van der Waals surface area contributed by atoms with E-state index in [1.807, 2.05) is 0 Å². The summed E-state index contributed by atoms with van der Waals surface area (Å²) in [5, 5.41) is 11.5. The van der Waals surface area contributed by atoms with Gasteiger partial charge in [0.15, 0.2) is 0 Å². The number of aliphatic carboxylic acids is 1. The van der Waals surface area contributed by atoms with Crippen LogP contribution in [-0.2, 0) is 33.1 Å².